The first-order valence-corrected chi connectivity index (χ1v) is 8.84. The monoisotopic (exact) mass is 354 g/mol. The maximum absolute atomic E-state index is 12.4. The Kier molecular flexibility index (Phi) is 3.75. The van der Waals surface area contributed by atoms with Crippen LogP contribution in [-0.2, 0) is 4.74 Å². The maximum Gasteiger partial charge on any atom is 0.410 e. The van der Waals surface area contributed by atoms with Gasteiger partial charge in [0.1, 0.15) is 29.5 Å². The third-order valence-corrected chi connectivity index (χ3v) is 5.04. The van der Waals surface area contributed by atoms with Crippen molar-refractivity contribution in [3.63, 3.8) is 0 Å². The van der Waals surface area contributed by atoms with Gasteiger partial charge >= 0.3 is 6.09 Å². The number of fused-ring (bicyclic) bond motifs is 2. The first-order valence-electron chi connectivity index (χ1n) is 8.84. The zero-order valence-corrected chi connectivity index (χ0v) is 15.2. The van der Waals surface area contributed by atoms with Crippen LogP contribution < -0.4 is 4.90 Å². The number of aromatic amines is 1. The molecule has 2 aliphatic heterocycles. The van der Waals surface area contributed by atoms with Gasteiger partial charge < -0.3 is 19.5 Å². The third kappa shape index (κ3) is 2.73. The fourth-order valence-corrected chi connectivity index (χ4v) is 3.95. The molecule has 0 saturated carbocycles. The van der Waals surface area contributed by atoms with Crippen LogP contribution in [-0.4, -0.2) is 57.2 Å². The Labute approximate surface area is 151 Å². The number of anilines is 1. The maximum atomic E-state index is 12.4. The van der Waals surface area contributed by atoms with Crippen LogP contribution in [0.3, 0.4) is 0 Å². The first-order chi connectivity index (χ1) is 12.4. The second kappa shape index (κ2) is 5.87. The molecule has 26 heavy (non-hydrogen) atoms. The molecule has 1 N–H and O–H groups in total. The summed E-state index contributed by atoms with van der Waals surface area (Å²) < 4.78 is 5.52. The molecule has 4 rings (SSSR count). The van der Waals surface area contributed by atoms with E-state index in [0.717, 1.165) is 24.2 Å². The zero-order valence-electron chi connectivity index (χ0n) is 15.2. The minimum Gasteiger partial charge on any atom is -0.444 e. The highest BCUT2D eigenvalue weighted by atomic mass is 16.6. The molecule has 2 aromatic heterocycles. The van der Waals surface area contributed by atoms with Crippen molar-refractivity contribution in [2.75, 3.05) is 24.5 Å². The number of aromatic nitrogens is 3. The molecule has 2 aromatic rings. The Balaban J connectivity index is 1.60. The van der Waals surface area contributed by atoms with Gasteiger partial charge in [-0.3, -0.25) is 0 Å². The van der Waals surface area contributed by atoms with E-state index in [1.54, 1.807) is 11.1 Å². The zero-order chi connectivity index (χ0) is 18.5. The van der Waals surface area contributed by atoms with E-state index in [0.29, 0.717) is 30.2 Å². The third-order valence-electron chi connectivity index (χ3n) is 5.04. The standard InChI is InChI=1S/C18H22N6O2/c1-18(2,3)26-17(25)23-8-11-4-5-24(13(11)9-23)16-14-12(6-19)7-20-15(14)21-10-22-16/h7,10-11,13H,4-5,8-9H2,1-3H3,(H,20,21,22). The number of carbonyl (C=O) groups is 1. The van der Waals surface area contributed by atoms with Crippen LogP contribution in [0.15, 0.2) is 12.5 Å². The normalized spacial score (nSPS) is 22.5. The molecule has 0 aromatic carbocycles. The quantitative estimate of drug-likeness (QED) is 0.843. The number of likely N-dealkylation sites (tertiary alicyclic amines) is 1. The molecule has 2 saturated heterocycles. The van der Waals surface area contributed by atoms with E-state index >= 15 is 0 Å². The fourth-order valence-electron chi connectivity index (χ4n) is 3.95. The second-order valence-corrected chi connectivity index (χ2v) is 7.93. The summed E-state index contributed by atoms with van der Waals surface area (Å²) in [5.41, 5.74) is 0.707. The van der Waals surface area contributed by atoms with Crippen molar-refractivity contribution in [1.29, 1.82) is 5.26 Å². The molecular weight excluding hydrogens is 332 g/mol. The lowest BCUT2D eigenvalue weighted by atomic mass is 10.1. The van der Waals surface area contributed by atoms with Crippen LogP contribution in [0.4, 0.5) is 10.6 Å². The van der Waals surface area contributed by atoms with E-state index < -0.39 is 5.60 Å². The Morgan fingerprint density at radius 2 is 2.19 bits per heavy atom. The molecule has 0 aliphatic carbocycles. The van der Waals surface area contributed by atoms with E-state index in [2.05, 4.69) is 25.9 Å². The number of nitrogens with zero attached hydrogens (tertiary/aromatic N) is 5. The van der Waals surface area contributed by atoms with Gasteiger partial charge in [0, 0.05) is 31.7 Å². The van der Waals surface area contributed by atoms with Crippen molar-refractivity contribution in [2.24, 2.45) is 5.92 Å². The van der Waals surface area contributed by atoms with Crippen LogP contribution in [0.2, 0.25) is 0 Å². The second-order valence-electron chi connectivity index (χ2n) is 7.93. The van der Waals surface area contributed by atoms with Crippen LogP contribution in [0.5, 0.6) is 0 Å². The van der Waals surface area contributed by atoms with Crippen LogP contribution in [0, 0.1) is 17.2 Å². The SMILES string of the molecule is CC(C)(C)OC(=O)N1CC2CCN(c3ncnc4[nH]cc(C#N)c34)C2C1. The van der Waals surface area contributed by atoms with Crippen LogP contribution in [0.25, 0.3) is 11.0 Å². The van der Waals surface area contributed by atoms with Crippen LogP contribution >= 0.6 is 0 Å². The molecule has 2 aliphatic rings. The van der Waals surface area contributed by atoms with Gasteiger partial charge in [-0.15, -0.1) is 0 Å². The molecule has 8 nitrogen and oxygen atoms in total. The molecule has 136 valence electrons. The number of amides is 1. The number of hydrogen-bond donors (Lipinski definition) is 1. The molecule has 0 spiro atoms. The lowest BCUT2D eigenvalue weighted by Gasteiger charge is -2.27. The summed E-state index contributed by atoms with van der Waals surface area (Å²) in [5, 5.41) is 10.1. The molecular formula is C18H22N6O2. The van der Waals surface area contributed by atoms with Crippen molar-refractivity contribution in [3.8, 4) is 6.07 Å². The summed E-state index contributed by atoms with van der Waals surface area (Å²) in [6, 6.07) is 2.39. The molecule has 1 amide bonds. The molecule has 4 heterocycles. The number of carbonyl (C=O) groups excluding carboxylic acids is 1. The number of nitriles is 1. The van der Waals surface area contributed by atoms with Gasteiger partial charge in [-0.05, 0) is 27.2 Å². The van der Waals surface area contributed by atoms with Gasteiger partial charge in [-0.1, -0.05) is 0 Å². The highest BCUT2D eigenvalue weighted by Crippen LogP contribution is 2.37. The van der Waals surface area contributed by atoms with Crippen molar-refractivity contribution in [1.82, 2.24) is 19.9 Å². The predicted molar refractivity (Wildman–Crippen MR) is 95.7 cm³/mol. The van der Waals surface area contributed by atoms with Crippen molar-refractivity contribution in [2.45, 2.75) is 38.8 Å². The van der Waals surface area contributed by atoms with Crippen molar-refractivity contribution < 1.29 is 9.53 Å². The smallest absolute Gasteiger partial charge is 0.410 e. The molecule has 2 atom stereocenters. The first kappa shape index (κ1) is 16.6. The van der Waals surface area contributed by atoms with E-state index in [4.69, 9.17) is 4.74 Å². The average Bonchev–Trinajstić information content (AvgIpc) is 3.26. The lowest BCUT2D eigenvalue weighted by molar-refractivity contribution is 0.0284. The van der Waals surface area contributed by atoms with Gasteiger partial charge in [0.15, 0.2) is 0 Å². The number of ether oxygens (including phenoxy) is 1. The summed E-state index contributed by atoms with van der Waals surface area (Å²) >= 11 is 0. The van der Waals surface area contributed by atoms with Crippen molar-refractivity contribution in [3.05, 3.63) is 18.1 Å². The van der Waals surface area contributed by atoms with Gasteiger partial charge in [-0.2, -0.15) is 5.26 Å². The van der Waals surface area contributed by atoms with Gasteiger partial charge in [0.2, 0.25) is 0 Å². The number of H-pyrrole nitrogens is 1. The number of hydrogen-bond acceptors (Lipinski definition) is 6. The van der Waals surface area contributed by atoms with E-state index in [-0.39, 0.29) is 12.1 Å². The Bertz CT molecular complexity index is 893. The largest absolute Gasteiger partial charge is 0.444 e. The summed E-state index contributed by atoms with van der Waals surface area (Å²) in [5.74, 6) is 1.16. The summed E-state index contributed by atoms with van der Waals surface area (Å²) in [4.78, 5) is 28.1. The van der Waals surface area contributed by atoms with E-state index in [1.807, 2.05) is 20.8 Å². The number of nitrogens with one attached hydrogen (secondary N) is 1. The van der Waals surface area contributed by atoms with Crippen LogP contribution in [0.1, 0.15) is 32.8 Å². The Morgan fingerprint density at radius 3 is 2.92 bits per heavy atom. The molecule has 2 unspecified atom stereocenters. The van der Waals surface area contributed by atoms with E-state index in [1.165, 1.54) is 6.33 Å². The summed E-state index contributed by atoms with van der Waals surface area (Å²) in [7, 11) is 0. The minimum atomic E-state index is -0.500. The van der Waals surface area contributed by atoms with Gasteiger partial charge in [-0.25, -0.2) is 14.8 Å². The highest BCUT2D eigenvalue weighted by molar-refractivity contribution is 5.93. The Hall–Kier alpha value is -2.82. The summed E-state index contributed by atoms with van der Waals surface area (Å²) in [6.07, 6.45) is 3.90. The average molecular weight is 354 g/mol. The van der Waals surface area contributed by atoms with Gasteiger partial charge in [0.05, 0.1) is 17.0 Å². The lowest BCUT2D eigenvalue weighted by Crippen LogP contribution is -2.39. The summed E-state index contributed by atoms with van der Waals surface area (Å²) in [6.45, 7) is 7.79. The fraction of sp³-hybridized carbons (Fsp3) is 0.556. The predicted octanol–water partition coefficient (Wildman–Crippen LogP) is 2.28. The van der Waals surface area contributed by atoms with E-state index in [9.17, 15) is 10.1 Å². The molecule has 0 bridgehead atoms. The van der Waals surface area contributed by atoms with Crippen molar-refractivity contribution >= 4 is 22.9 Å². The molecule has 8 heteroatoms. The molecule has 0 radical (unpaired) electrons. The topological polar surface area (TPSA) is 98.1 Å². The Morgan fingerprint density at radius 1 is 1.38 bits per heavy atom. The highest BCUT2D eigenvalue weighted by Gasteiger charge is 2.45. The number of rotatable bonds is 1. The molecule has 2 fully saturated rings. The van der Waals surface area contributed by atoms with Gasteiger partial charge in [0.25, 0.3) is 0 Å². The minimum absolute atomic E-state index is 0.182.